The van der Waals surface area contributed by atoms with Gasteiger partial charge in [-0.2, -0.15) is 5.26 Å². The van der Waals surface area contributed by atoms with Crippen molar-refractivity contribution in [2.45, 2.75) is 4.90 Å². The third-order valence-electron chi connectivity index (χ3n) is 2.60. The first-order valence-corrected chi connectivity index (χ1v) is 6.88. The molecule has 0 atom stereocenters. The first-order valence-electron chi connectivity index (χ1n) is 5.65. The van der Waals surface area contributed by atoms with Crippen molar-refractivity contribution in [1.29, 1.82) is 5.26 Å². The summed E-state index contributed by atoms with van der Waals surface area (Å²) in [5, 5.41) is 20.2. The summed E-state index contributed by atoms with van der Waals surface area (Å²) >= 11 is 1.42. The third-order valence-corrected chi connectivity index (χ3v) is 3.38. The molecule has 0 aliphatic heterocycles. The van der Waals surface area contributed by atoms with Gasteiger partial charge < -0.3 is 4.74 Å². The van der Waals surface area contributed by atoms with Crippen molar-refractivity contribution in [3.8, 4) is 17.6 Å². The first kappa shape index (κ1) is 13.9. The van der Waals surface area contributed by atoms with Gasteiger partial charge in [0.2, 0.25) is 5.75 Å². The first-order chi connectivity index (χ1) is 9.67. The fourth-order valence-electron chi connectivity index (χ4n) is 1.69. The number of hydrogen-bond acceptors (Lipinski definition) is 5. The minimum atomic E-state index is -0.514. The summed E-state index contributed by atoms with van der Waals surface area (Å²) in [5.41, 5.74) is 0.240. The lowest BCUT2D eigenvalue weighted by atomic mass is 10.2. The molecule has 0 saturated heterocycles. The van der Waals surface area contributed by atoms with Crippen LogP contribution >= 0.6 is 11.8 Å². The second-order valence-corrected chi connectivity index (χ2v) is 4.62. The van der Waals surface area contributed by atoms with Crippen molar-refractivity contribution in [2.75, 3.05) is 6.26 Å². The average Bonchev–Trinajstić information content (AvgIpc) is 2.47. The maximum atomic E-state index is 10.9. The fourth-order valence-corrected chi connectivity index (χ4v) is 2.25. The van der Waals surface area contributed by atoms with E-state index in [1.54, 1.807) is 30.3 Å². The molecule has 0 bridgehead atoms. The molecule has 0 unspecified atom stereocenters. The van der Waals surface area contributed by atoms with E-state index in [2.05, 4.69) is 6.07 Å². The number of nitrogens with zero attached hydrogens (tertiary/aromatic N) is 2. The van der Waals surface area contributed by atoms with E-state index in [1.165, 1.54) is 23.9 Å². The van der Waals surface area contributed by atoms with Gasteiger partial charge >= 0.3 is 5.69 Å². The number of benzene rings is 2. The van der Waals surface area contributed by atoms with E-state index in [9.17, 15) is 15.4 Å². The van der Waals surface area contributed by atoms with Gasteiger partial charge in [0.25, 0.3) is 0 Å². The summed E-state index contributed by atoms with van der Waals surface area (Å²) in [6.07, 6.45) is 1.85. The minimum Gasteiger partial charge on any atom is -0.449 e. The van der Waals surface area contributed by atoms with Gasteiger partial charge in [0.05, 0.1) is 4.92 Å². The predicted octanol–water partition coefficient (Wildman–Crippen LogP) is 3.98. The summed E-state index contributed by atoms with van der Waals surface area (Å²) in [7, 11) is 0. The third kappa shape index (κ3) is 2.73. The second-order valence-electron chi connectivity index (χ2n) is 3.77. The number of nitriles is 1. The van der Waals surface area contributed by atoms with Crippen LogP contribution in [0.1, 0.15) is 5.56 Å². The van der Waals surface area contributed by atoms with Gasteiger partial charge in [0.1, 0.15) is 17.4 Å². The number of hydrogen-bond donors (Lipinski definition) is 0. The normalized spacial score (nSPS) is 9.80. The predicted molar refractivity (Wildman–Crippen MR) is 76.1 cm³/mol. The highest BCUT2D eigenvalue weighted by molar-refractivity contribution is 7.98. The number of para-hydroxylation sites is 2. The molecule has 20 heavy (non-hydrogen) atoms. The topological polar surface area (TPSA) is 76.2 Å². The molecule has 100 valence electrons. The van der Waals surface area contributed by atoms with Gasteiger partial charge in [-0.1, -0.05) is 18.2 Å². The molecule has 0 amide bonds. The van der Waals surface area contributed by atoms with Crippen LogP contribution in [0.3, 0.4) is 0 Å². The van der Waals surface area contributed by atoms with Crippen LogP contribution < -0.4 is 4.74 Å². The Morgan fingerprint density at radius 1 is 1.20 bits per heavy atom. The van der Waals surface area contributed by atoms with Crippen LogP contribution in [0.4, 0.5) is 5.69 Å². The van der Waals surface area contributed by atoms with Gasteiger partial charge in [-0.3, -0.25) is 10.1 Å². The van der Waals surface area contributed by atoms with Crippen LogP contribution in [0.5, 0.6) is 11.5 Å². The Labute approximate surface area is 120 Å². The van der Waals surface area contributed by atoms with Crippen molar-refractivity contribution in [2.24, 2.45) is 0 Å². The standard InChI is InChI=1S/C14H10N2O3S/c1-20-14-8-4-7-12(10(14)9-15)19-13-6-3-2-5-11(13)16(17)18/h2-8H,1H3. The van der Waals surface area contributed by atoms with Crippen molar-refractivity contribution in [3.63, 3.8) is 0 Å². The monoisotopic (exact) mass is 286 g/mol. The average molecular weight is 286 g/mol. The number of rotatable bonds is 4. The lowest BCUT2D eigenvalue weighted by Gasteiger charge is -2.09. The number of ether oxygens (including phenoxy) is 1. The summed E-state index contributed by atoms with van der Waals surface area (Å²) in [6, 6.07) is 13.3. The summed E-state index contributed by atoms with van der Waals surface area (Å²) in [5.74, 6) is 0.431. The molecule has 0 radical (unpaired) electrons. The van der Waals surface area contributed by atoms with Crippen LogP contribution in [0.15, 0.2) is 47.4 Å². The maximum Gasteiger partial charge on any atom is 0.311 e. The molecule has 0 aliphatic rings. The van der Waals surface area contributed by atoms with Crippen molar-refractivity contribution in [1.82, 2.24) is 0 Å². The summed E-state index contributed by atoms with van der Waals surface area (Å²) < 4.78 is 5.56. The molecule has 0 N–H and O–H groups in total. The molecule has 0 heterocycles. The molecule has 2 aromatic rings. The van der Waals surface area contributed by atoms with E-state index in [1.807, 2.05) is 6.26 Å². The molecular formula is C14H10N2O3S. The Morgan fingerprint density at radius 2 is 1.90 bits per heavy atom. The smallest absolute Gasteiger partial charge is 0.311 e. The maximum absolute atomic E-state index is 10.9. The van der Waals surface area contributed by atoms with Crippen molar-refractivity contribution >= 4 is 17.4 Å². The minimum absolute atomic E-state index is 0.118. The summed E-state index contributed by atoms with van der Waals surface area (Å²) in [6.45, 7) is 0. The van der Waals surface area contributed by atoms with Crippen LogP contribution in [0.2, 0.25) is 0 Å². The lowest BCUT2D eigenvalue weighted by Crippen LogP contribution is -1.95. The molecule has 2 aromatic carbocycles. The molecule has 0 aromatic heterocycles. The Kier molecular flexibility index (Phi) is 4.23. The van der Waals surface area contributed by atoms with E-state index in [0.29, 0.717) is 11.3 Å². The molecule has 0 spiro atoms. The Morgan fingerprint density at radius 3 is 2.55 bits per heavy atom. The van der Waals surface area contributed by atoms with Gasteiger partial charge in [-0.15, -0.1) is 11.8 Å². The molecule has 0 aliphatic carbocycles. The van der Waals surface area contributed by atoms with Crippen LogP contribution in [0.25, 0.3) is 0 Å². The van der Waals surface area contributed by atoms with Gasteiger partial charge in [0.15, 0.2) is 0 Å². The highest BCUT2D eigenvalue weighted by atomic mass is 32.2. The van der Waals surface area contributed by atoms with E-state index < -0.39 is 4.92 Å². The van der Waals surface area contributed by atoms with E-state index in [-0.39, 0.29) is 11.4 Å². The Hall–Kier alpha value is -2.52. The van der Waals surface area contributed by atoms with Gasteiger partial charge in [0, 0.05) is 11.0 Å². The Balaban J connectivity index is 2.46. The SMILES string of the molecule is CSc1cccc(Oc2ccccc2[N+](=O)[O-])c1C#N. The number of nitro groups is 1. The molecule has 5 nitrogen and oxygen atoms in total. The number of nitro benzene ring substituents is 1. The van der Waals surface area contributed by atoms with E-state index in [4.69, 9.17) is 4.74 Å². The van der Waals surface area contributed by atoms with Gasteiger partial charge in [-0.25, -0.2) is 0 Å². The zero-order chi connectivity index (χ0) is 14.5. The molecule has 6 heteroatoms. The molecule has 2 rings (SSSR count). The zero-order valence-electron chi connectivity index (χ0n) is 10.6. The van der Waals surface area contributed by atoms with Crippen molar-refractivity contribution < 1.29 is 9.66 Å². The van der Waals surface area contributed by atoms with Crippen LogP contribution in [0, 0.1) is 21.4 Å². The van der Waals surface area contributed by atoms with E-state index >= 15 is 0 Å². The molecular weight excluding hydrogens is 276 g/mol. The number of thioether (sulfide) groups is 1. The van der Waals surface area contributed by atoms with Gasteiger partial charge in [-0.05, 0) is 24.5 Å². The second kappa shape index (κ2) is 6.08. The van der Waals surface area contributed by atoms with E-state index in [0.717, 1.165) is 4.90 Å². The Bertz CT molecular complexity index is 695. The van der Waals surface area contributed by atoms with Crippen LogP contribution in [-0.2, 0) is 0 Å². The quantitative estimate of drug-likeness (QED) is 0.482. The molecule has 0 saturated carbocycles. The lowest BCUT2D eigenvalue weighted by molar-refractivity contribution is -0.385. The highest BCUT2D eigenvalue weighted by Crippen LogP contribution is 2.35. The van der Waals surface area contributed by atoms with Crippen molar-refractivity contribution in [3.05, 3.63) is 58.1 Å². The highest BCUT2D eigenvalue weighted by Gasteiger charge is 2.17. The summed E-state index contributed by atoms with van der Waals surface area (Å²) in [4.78, 5) is 11.2. The van der Waals surface area contributed by atoms with Crippen LogP contribution in [-0.4, -0.2) is 11.2 Å². The largest absolute Gasteiger partial charge is 0.449 e. The zero-order valence-corrected chi connectivity index (χ0v) is 11.4. The molecule has 0 fully saturated rings. The fraction of sp³-hybridized carbons (Fsp3) is 0.0714.